The number of amidine groups is 1. The number of aromatic nitrogens is 2. The van der Waals surface area contributed by atoms with Crippen LogP contribution in [0.5, 0.6) is 0 Å². The van der Waals surface area contributed by atoms with Gasteiger partial charge in [-0.2, -0.15) is 22.0 Å². The molecule has 1 aliphatic rings. The number of rotatable bonds is 4. The van der Waals surface area contributed by atoms with Crippen LogP contribution in [-0.4, -0.2) is 40.0 Å². The number of carbonyl (C=O) groups is 1. The van der Waals surface area contributed by atoms with Crippen molar-refractivity contribution in [3.05, 3.63) is 64.3 Å². The van der Waals surface area contributed by atoms with Gasteiger partial charge in [-0.1, -0.05) is 0 Å². The van der Waals surface area contributed by atoms with E-state index in [4.69, 9.17) is 12.3 Å². The van der Waals surface area contributed by atoms with Crippen LogP contribution in [0.2, 0.25) is 0 Å². The van der Waals surface area contributed by atoms with Crippen molar-refractivity contribution in [3.8, 4) is 0 Å². The molecular formula is C20H15F6N5O2. The number of hydrogen-bond donors (Lipinski definition) is 1. The van der Waals surface area contributed by atoms with Crippen molar-refractivity contribution >= 4 is 17.5 Å². The number of aryl methyl sites for hydroxylation is 1. The first kappa shape index (κ1) is 24.0. The number of pyridine rings is 2. The molecule has 3 heterocycles. The summed E-state index contributed by atoms with van der Waals surface area (Å²) in [5.74, 6) is -6.80. The van der Waals surface area contributed by atoms with Crippen molar-refractivity contribution in [3.63, 3.8) is 0 Å². The van der Waals surface area contributed by atoms with E-state index in [9.17, 15) is 31.1 Å². The van der Waals surface area contributed by atoms with Gasteiger partial charge in [0.1, 0.15) is 17.2 Å². The van der Waals surface area contributed by atoms with Gasteiger partial charge in [-0.15, -0.1) is 0 Å². The van der Waals surface area contributed by atoms with Crippen LogP contribution in [0.1, 0.15) is 34.4 Å². The highest BCUT2D eigenvalue weighted by atomic mass is 19.4. The molecule has 0 aliphatic carbocycles. The molecule has 0 aromatic carbocycles. The van der Waals surface area contributed by atoms with Gasteiger partial charge in [-0.05, 0) is 37.6 Å². The smallest absolute Gasteiger partial charge is 0.431 e. The standard InChI is InChI=1S/C20H15F6N5O2/c1-9-6-11(28-3)8-29-14(9)13(32)7-10-4-5-12(21)15(30-10)18(2)19(22,23)16(20(24,25)26)33-17(27)31-18/h4-6,8,16H,7H2,1-2H3,(H2,27,31)/t16-,18-/m1/s1. The first-order chi connectivity index (χ1) is 15.2. The molecule has 7 nitrogen and oxygen atoms in total. The van der Waals surface area contributed by atoms with E-state index in [1.54, 1.807) is 0 Å². The van der Waals surface area contributed by atoms with Crippen molar-refractivity contribution in [1.29, 1.82) is 0 Å². The maximum atomic E-state index is 14.9. The van der Waals surface area contributed by atoms with Gasteiger partial charge in [0.15, 0.2) is 11.3 Å². The molecule has 13 heteroatoms. The summed E-state index contributed by atoms with van der Waals surface area (Å²) in [4.78, 5) is 26.7. The fourth-order valence-electron chi connectivity index (χ4n) is 3.34. The second-order valence-corrected chi connectivity index (χ2v) is 7.39. The normalized spacial score (nSPS) is 22.2. The molecule has 0 bridgehead atoms. The Morgan fingerprint density at radius 1 is 1.33 bits per heavy atom. The molecule has 33 heavy (non-hydrogen) atoms. The Morgan fingerprint density at radius 3 is 2.58 bits per heavy atom. The van der Waals surface area contributed by atoms with E-state index in [0.717, 1.165) is 12.3 Å². The zero-order valence-electron chi connectivity index (χ0n) is 17.0. The number of Topliss-reactive ketones (excluding diaryl/α,β-unsaturated/α-hetero) is 1. The second-order valence-electron chi connectivity index (χ2n) is 7.39. The number of ketones is 1. The molecule has 2 aromatic rings. The van der Waals surface area contributed by atoms with Gasteiger partial charge >= 0.3 is 12.1 Å². The lowest BCUT2D eigenvalue weighted by Crippen LogP contribution is -2.62. The number of halogens is 6. The lowest BCUT2D eigenvalue weighted by Gasteiger charge is -2.42. The Bertz CT molecular complexity index is 1190. The van der Waals surface area contributed by atoms with E-state index in [1.165, 1.54) is 13.0 Å². The number of carbonyl (C=O) groups excluding carboxylic acids is 1. The monoisotopic (exact) mass is 471 g/mol. The highest BCUT2D eigenvalue weighted by molar-refractivity contribution is 5.97. The Labute approximate surface area is 183 Å². The third-order valence-corrected chi connectivity index (χ3v) is 5.01. The largest absolute Gasteiger partial charge is 0.446 e. The van der Waals surface area contributed by atoms with Gasteiger partial charge in [0.05, 0.1) is 13.0 Å². The van der Waals surface area contributed by atoms with Crippen LogP contribution < -0.4 is 5.73 Å². The minimum Gasteiger partial charge on any atom is -0.446 e. The van der Waals surface area contributed by atoms with Gasteiger partial charge in [0.2, 0.25) is 5.69 Å². The Morgan fingerprint density at radius 2 is 2.00 bits per heavy atom. The Hall–Kier alpha value is -3.69. The average Bonchev–Trinajstić information content (AvgIpc) is 2.71. The van der Waals surface area contributed by atoms with Crippen LogP contribution in [0, 0.1) is 19.3 Å². The minimum absolute atomic E-state index is 0.0305. The number of nitrogens with zero attached hydrogens (tertiary/aromatic N) is 4. The second kappa shape index (κ2) is 8.02. The minimum atomic E-state index is -5.55. The van der Waals surface area contributed by atoms with Crippen molar-refractivity contribution < 1.29 is 35.9 Å². The lowest BCUT2D eigenvalue weighted by molar-refractivity contribution is -0.288. The maximum Gasteiger partial charge on any atom is 0.431 e. The van der Waals surface area contributed by atoms with E-state index >= 15 is 0 Å². The SMILES string of the molecule is [C-]#[N+]c1cnc(C(=O)Cc2ccc(F)c([C@@]3(C)N=C(N)O[C@@H](C(F)(F)F)C3(F)F)n2)c(C)c1. The summed E-state index contributed by atoms with van der Waals surface area (Å²) < 4.78 is 88.0. The number of nitrogens with two attached hydrogens (primary N) is 1. The third kappa shape index (κ3) is 4.20. The fourth-order valence-corrected chi connectivity index (χ4v) is 3.34. The van der Waals surface area contributed by atoms with Gasteiger partial charge in [-0.3, -0.25) is 14.8 Å². The van der Waals surface area contributed by atoms with E-state index < -0.39 is 53.5 Å². The number of aliphatic imine (C=N–C) groups is 1. The van der Waals surface area contributed by atoms with Gasteiger partial charge in [0.25, 0.3) is 12.1 Å². The van der Waals surface area contributed by atoms with Crippen LogP contribution in [0.25, 0.3) is 4.85 Å². The summed E-state index contributed by atoms with van der Waals surface area (Å²) in [5.41, 5.74) is 1.20. The highest BCUT2D eigenvalue weighted by Gasteiger charge is 2.70. The summed E-state index contributed by atoms with van der Waals surface area (Å²) in [5, 5.41) is 0. The molecular weight excluding hydrogens is 456 g/mol. The van der Waals surface area contributed by atoms with Crippen LogP contribution in [-0.2, 0) is 16.7 Å². The molecule has 0 saturated carbocycles. The predicted octanol–water partition coefficient (Wildman–Crippen LogP) is 4.03. The van der Waals surface area contributed by atoms with Crippen molar-refractivity contribution in [2.45, 2.75) is 44.0 Å². The molecule has 2 N–H and O–H groups in total. The van der Waals surface area contributed by atoms with Crippen molar-refractivity contribution in [2.24, 2.45) is 10.7 Å². The molecule has 0 spiro atoms. The number of ether oxygens (including phenoxy) is 1. The quantitative estimate of drug-likeness (QED) is 0.413. The number of hydrogen-bond acceptors (Lipinski definition) is 6. The molecule has 0 amide bonds. The van der Waals surface area contributed by atoms with Crippen LogP contribution in [0.4, 0.5) is 32.0 Å². The molecule has 3 rings (SSSR count). The van der Waals surface area contributed by atoms with E-state index in [2.05, 4.69) is 24.5 Å². The summed E-state index contributed by atoms with van der Waals surface area (Å²) in [7, 11) is 0. The topological polar surface area (TPSA) is 94.8 Å². The Kier molecular flexibility index (Phi) is 5.82. The van der Waals surface area contributed by atoms with E-state index in [1.807, 2.05) is 0 Å². The molecule has 1 aliphatic heterocycles. The van der Waals surface area contributed by atoms with Crippen LogP contribution in [0.15, 0.2) is 29.4 Å². The molecule has 0 unspecified atom stereocenters. The van der Waals surface area contributed by atoms with Crippen molar-refractivity contribution in [1.82, 2.24) is 9.97 Å². The van der Waals surface area contributed by atoms with Gasteiger partial charge < -0.3 is 10.5 Å². The highest BCUT2D eigenvalue weighted by Crippen LogP contribution is 2.50. The third-order valence-electron chi connectivity index (χ3n) is 5.01. The van der Waals surface area contributed by atoms with Crippen LogP contribution >= 0.6 is 0 Å². The summed E-state index contributed by atoms with van der Waals surface area (Å²) in [6.45, 7) is 9.02. The van der Waals surface area contributed by atoms with E-state index in [0.29, 0.717) is 18.6 Å². The molecule has 174 valence electrons. The molecule has 0 radical (unpaired) electrons. The fraction of sp³-hybridized carbons (Fsp3) is 0.350. The first-order valence-electron chi connectivity index (χ1n) is 9.20. The average molecular weight is 471 g/mol. The number of alkyl halides is 5. The van der Waals surface area contributed by atoms with Gasteiger partial charge in [-0.25, -0.2) is 14.2 Å². The lowest BCUT2D eigenvalue weighted by atomic mass is 9.84. The first-order valence-corrected chi connectivity index (χ1v) is 9.20. The Balaban J connectivity index is 2.03. The zero-order valence-corrected chi connectivity index (χ0v) is 17.0. The van der Waals surface area contributed by atoms with Gasteiger partial charge in [0, 0.05) is 11.9 Å². The molecule has 0 saturated heterocycles. The maximum absolute atomic E-state index is 14.9. The molecule has 0 fully saturated rings. The zero-order chi connectivity index (χ0) is 24.8. The molecule has 2 atom stereocenters. The summed E-state index contributed by atoms with van der Waals surface area (Å²) >= 11 is 0. The summed E-state index contributed by atoms with van der Waals surface area (Å²) in [6.07, 6.45) is -8.60. The van der Waals surface area contributed by atoms with Crippen molar-refractivity contribution in [2.75, 3.05) is 0 Å². The molecule has 2 aromatic heterocycles. The summed E-state index contributed by atoms with van der Waals surface area (Å²) in [6, 6.07) is 1.91. The van der Waals surface area contributed by atoms with Crippen LogP contribution in [0.3, 0.4) is 0 Å². The predicted molar refractivity (Wildman–Crippen MR) is 102 cm³/mol. The van der Waals surface area contributed by atoms with E-state index in [-0.39, 0.29) is 17.1 Å².